The van der Waals surface area contributed by atoms with E-state index in [1.807, 2.05) is 0 Å². The molecule has 0 saturated heterocycles. The van der Waals surface area contributed by atoms with Gasteiger partial charge in [-0.3, -0.25) is 0 Å². The Bertz CT molecular complexity index is 3890. The van der Waals surface area contributed by atoms with Crippen molar-refractivity contribution < 1.29 is 0 Å². The fourth-order valence-electron chi connectivity index (χ4n) is 10.8. The standard InChI is InChI=1S/C58H42N4/c1-35-29-36(2)31-42(30-35)60(40-17-9-6-10-18-40)50-24-14-26-52-56(50)46-22-12-20-44-48-33-53-47(34-54(48)62(52)58(44)46)43-19-11-21-45-55-49(23-13-25-51(55)61(53)57(43)45)59(39-15-7-5-8-16-39)41-28-27-37(3)38(4)32-41/h5-34H,1-4H3. The van der Waals surface area contributed by atoms with E-state index in [1.54, 1.807) is 0 Å². The average molecular weight is 795 g/mol. The molecular formula is C58H42N4. The Hall–Kier alpha value is -7.82. The van der Waals surface area contributed by atoms with Gasteiger partial charge in [0.2, 0.25) is 0 Å². The predicted molar refractivity (Wildman–Crippen MR) is 264 cm³/mol. The molecule has 0 N–H and O–H groups in total. The average Bonchev–Trinajstić information content (AvgIpc) is 4.02. The highest BCUT2D eigenvalue weighted by Crippen LogP contribution is 2.50. The zero-order chi connectivity index (χ0) is 41.4. The summed E-state index contributed by atoms with van der Waals surface area (Å²) in [6.07, 6.45) is 0. The Labute approximate surface area is 359 Å². The van der Waals surface area contributed by atoms with Crippen molar-refractivity contribution in [1.82, 2.24) is 8.80 Å². The van der Waals surface area contributed by atoms with E-state index < -0.39 is 0 Å². The number of benzene rings is 9. The summed E-state index contributed by atoms with van der Waals surface area (Å²) in [4.78, 5) is 4.87. The summed E-state index contributed by atoms with van der Waals surface area (Å²) >= 11 is 0. The van der Waals surface area contributed by atoms with Gasteiger partial charge in [-0.1, -0.05) is 97.1 Å². The molecule has 0 spiro atoms. The largest absolute Gasteiger partial charge is 0.310 e. The van der Waals surface area contributed by atoms with Crippen LogP contribution in [0.25, 0.3) is 76.2 Å². The third-order valence-electron chi connectivity index (χ3n) is 13.5. The van der Waals surface area contributed by atoms with Gasteiger partial charge in [0.15, 0.2) is 0 Å². The van der Waals surface area contributed by atoms with Crippen molar-refractivity contribution in [3.63, 3.8) is 0 Å². The summed E-state index contributed by atoms with van der Waals surface area (Å²) in [5.74, 6) is 0. The van der Waals surface area contributed by atoms with Crippen molar-refractivity contribution in [3.05, 3.63) is 204 Å². The lowest BCUT2D eigenvalue weighted by Gasteiger charge is -2.27. The summed E-state index contributed by atoms with van der Waals surface area (Å²) in [6, 6.07) is 67.7. The number of hydrogen-bond donors (Lipinski definition) is 0. The normalized spacial score (nSPS) is 12.2. The maximum atomic E-state index is 2.54. The van der Waals surface area contributed by atoms with E-state index >= 15 is 0 Å². The molecule has 0 bridgehead atoms. The van der Waals surface area contributed by atoms with Crippen LogP contribution in [0.2, 0.25) is 0 Å². The van der Waals surface area contributed by atoms with Crippen molar-refractivity contribution in [2.45, 2.75) is 27.7 Å². The van der Waals surface area contributed by atoms with Crippen LogP contribution in [-0.4, -0.2) is 8.80 Å². The number of hydrogen-bond acceptors (Lipinski definition) is 2. The molecule has 4 heterocycles. The van der Waals surface area contributed by atoms with Gasteiger partial charge in [-0.2, -0.15) is 0 Å². The molecule has 0 aliphatic carbocycles. The molecule has 4 aromatic heterocycles. The van der Waals surface area contributed by atoms with E-state index in [4.69, 9.17) is 0 Å². The minimum Gasteiger partial charge on any atom is -0.310 e. The Morgan fingerprint density at radius 3 is 1.27 bits per heavy atom. The number of para-hydroxylation sites is 4. The third-order valence-corrected chi connectivity index (χ3v) is 13.5. The van der Waals surface area contributed by atoms with Crippen LogP contribution < -0.4 is 9.80 Å². The monoisotopic (exact) mass is 794 g/mol. The summed E-state index contributed by atoms with van der Waals surface area (Å²) in [5, 5.41) is 10.1. The second-order valence-electron chi connectivity index (χ2n) is 17.3. The van der Waals surface area contributed by atoms with E-state index in [2.05, 4.69) is 228 Å². The Kier molecular flexibility index (Phi) is 7.25. The molecule has 9 aromatic carbocycles. The molecule has 0 unspecified atom stereocenters. The van der Waals surface area contributed by atoms with Gasteiger partial charge < -0.3 is 18.6 Å². The minimum atomic E-state index is 1.14. The second-order valence-corrected chi connectivity index (χ2v) is 17.3. The number of nitrogens with zero attached hydrogens (tertiary/aromatic N) is 4. The van der Waals surface area contributed by atoms with Crippen LogP contribution in [-0.2, 0) is 0 Å². The molecule has 0 atom stereocenters. The van der Waals surface area contributed by atoms with Crippen LogP contribution >= 0.6 is 0 Å². The fraction of sp³-hybridized carbons (Fsp3) is 0.0690. The first-order valence-corrected chi connectivity index (χ1v) is 21.6. The lowest BCUT2D eigenvalue weighted by Crippen LogP contribution is -2.10. The van der Waals surface area contributed by atoms with Crippen molar-refractivity contribution in [2.75, 3.05) is 9.80 Å². The second kappa shape index (κ2) is 12.8. The van der Waals surface area contributed by atoms with Crippen molar-refractivity contribution in [1.29, 1.82) is 0 Å². The summed E-state index contributed by atoms with van der Waals surface area (Å²) in [5.41, 5.74) is 19.5. The quantitative estimate of drug-likeness (QED) is 0.167. The smallest absolute Gasteiger partial charge is 0.0621 e. The molecule has 0 fully saturated rings. The first-order chi connectivity index (χ1) is 30.4. The number of aromatic nitrogens is 2. The highest BCUT2D eigenvalue weighted by Gasteiger charge is 2.27. The topological polar surface area (TPSA) is 15.3 Å². The lowest BCUT2D eigenvalue weighted by atomic mass is 10.0. The molecule has 13 rings (SSSR count). The van der Waals surface area contributed by atoms with Crippen LogP contribution in [0.5, 0.6) is 0 Å². The summed E-state index contributed by atoms with van der Waals surface area (Å²) < 4.78 is 5.07. The molecule has 294 valence electrons. The van der Waals surface area contributed by atoms with Crippen molar-refractivity contribution in [2.24, 2.45) is 0 Å². The van der Waals surface area contributed by atoms with Gasteiger partial charge in [0.25, 0.3) is 0 Å². The lowest BCUT2D eigenvalue weighted by molar-refractivity contribution is 1.26. The van der Waals surface area contributed by atoms with Crippen LogP contribution in [0.1, 0.15) is 22.3 Å². The van der Waals surface area contributed by atoms with Crippen LogP contribution in [0.3, 0.4) is 0 Å². The number of rotatable bonds is 6. The molecule has 0 saturated carbocycles. The molecular weight excluding hydrogens is 753 g/mol. The minimum absolute atomic E-state index is 1.14. The number of aryl methyl sites for hydroxylation is 4. The number of anilines is 6. The molecule has 13 aromatic rings. The van der Waals surface area contributed by atoms with Crippen LogP contribution in [0.15, 0.2) is 182 Å². The third kappa shape index (κ3) is 4.78. The van der Waals surface area contributed by atoms with Gasteiger partial charge in [0, 0.05) is 65.8 Å². The Morgan fingerprint density at radius 1 is 0.306 bits per heavy atom. The van der Waals surface area contributed by atoms with Gasteiger partial charge in [-0.25, -0.2) is 0 Å². The van der Waals surface area contributed by atoms with Gasteiger partial charge in [-0.15, -0.1) is 0 Å². The zero-order valence-corrected chi connectivity index (χ0v) is 35.1. The van der Waals surface area contributed by atoms with E-state index in [9.17, 15) is 0 Å². The van der Waals surface area contributed by atoms with Gasteiger partial charge >= 0.3 is 0 Å². The van der Waals surface area contributed by atoms with Crippen LogP contribution in [0.4, 0.5) is 34.1 Å². The van der Waals surface area contributed by atoms with Gasteiger partial charge in [0.1, 0.15) is 0 Å². The molecule has 62 heavy (non-hydrogen) atoms. The van der Waals surface area contributed by atoms with Crippen LogP contribution in [0, 0.1) is 27.7 Å². The van der Waals surface area contributed by atoms with E-state index in [-0.39, 0.29) is 0 Å². The first-order valence-electron chi connectivity index (χ1n) is 21.6. The zero-order valence-electron chi connectivity index (χ0n) is 35.1. The Balaban J connectivity index is 1.09. The molecule has 0 aliphatic rings. The summed E-state index contributed by atoms with van der Waals surface area (Å²) in [6.45, 7) is 8.78. The maximum absolute atomic E-state index is 2.54. The molecule has 0 aliphatic heterocycles. The predicted octanol–water partition coefficient (Wildman–Crippen LogP) is 16.2. The van der Waals surface area contributed by atoms with Crippen molar-refractivity contribution >= 4 is 110 Å². The first kappa shape index (κ1) is 35.0. The number of fused-ring (bicyclic) bond motifs is 12. The SMILES string of the molecule is Cc1cc(C)cc(N(c2ccccc2)c2cccc3c2c2cccc4c5cc6c(cc5n3c42)c2cccc3c4c(N(c5ccccc5)c5ccc(C)c(C)c5)cccc4n6c23)c1. The maximum Gasteiger partial charge on any atom is 0.0621 e. The van der Waals surface area contributed by atoms with Gasteiger partial charge in [-0.05, 0) is 135 Å². The fourth-order valence-corrected chi connectivity index (χ4v) is 10.8. The highest BCUT2D eigenvalue weighted by atomic mass is 15.2. The van der Waals surface area contributed by atoms with E-state index in [0.29, 0.717) is 0 Å². The van der Waals surface area contributed by atoms with E-state index in [1.165, 1.54) is 116 Å². The summed E-state index contributed by atoms with van der Waals surface area (Å²) in [7, 11) is 0. The molecule has 4 heteroatoms. The molecule has 0 amide bonds. The van der Waals surface area contributed by atoms with E-state index in [0.717, 1.165) is 17.1 Å². The molecule has 4 nitrogen and oxygen atoms in total. The highest BCUT2D eigenvalue weighted by molar-refractivity contribution is 6.31. The van der Waals surface area contributed by atoms with Crippen molar-refractivity contribution in [3.8, 4) is 0 Å². The van der Waals surface area contributed by atoms with Gasteiger partial charge in [0.05, 0.1) is 44.5 Å². The molecule has 0 radical (unpaired) electrons. The Morgan fingerprint density at radius 2 is 0.774 bits per heavy atom.